The van der Waals surface area contributed by atoms with Crippen molar-refractivity contribution in [3.05, 3.63) is 36.0 Å². The average molecular weight is 280 g/mol. The zero-order chi connectivity index (χ0) is 13.9. The van der Waals surface area contributed by atoms with Crippen LogP contribution in [0.3, 0.4) is 0 Å². The van der Waals surface area contributed by atoms with Gasteiger partial charge in [0.05, 0.1) is 11.3 Å². The van der Waals surface area contributed by atoms with Gasteiger partial charge < -0.3 is 9.88 Å². The van der Waals surface area contributed by atoms with Crippen LogP contribution in [-0.2, 0) is 22.9 Å². The molecule has 0 saturated carbocycles. The molecule has 1 heterocycles. The lowest BCUT2D eigenvalue weighted by Crippen LogP contribution is -2.09. The molecular formula is C14H20N2O2S. The van der Waals surface area contributed by atoms with E-state index in [0.717, 1.165) is 13.1 Å². The van der Waals surface area contributed by atoms with Crippen LogP contribution in [0.25, 0.3) is 10.9 Å². The highest BCUT2D eigenvalue weighted by molar-refractivity contribution is 7.90. The predicted molar refractivity (Wildman–Crippen MR) is 79.0 cm³/mol. The van der Waals surface area contributed by atoms with Gasteiger partial charge in [0.2, 0.25) is 0 Å². The van der Waals surface area contributed by atoms with Crippen LogP contribution in [0.5, 0.6) is 0 Å². The fourth-order valence-corrected chi connectivity index (χ4v) is 3.01. The molecule has 4 nitrogen and oxygen atoms in total. The quantitative estimate of drug-likeness (QED) is 0.878. The van der Waals surface area contributed by atoms with Crippen LogP contribution in [0, 0.1) is 0 Å². The molecule has 104 valence electrons. The van der Waals surface area contributed by atoms with Gasteiger partial charge in [-0.3, -0.25) is 0 Å². The topological polar surface area (TPSA) is 51.1 Å². The predicted octanol–water partition coefficient (Wildman–Crippen LogP) is 1.80. The van der Waals surface area contributed by atoms with Crippen molar-refractivity contribution in [3.63, 3.8) is 0 Å². The molecular weight excluding hydrogens is 260 g/mol. The van der Waals surface area contributed by atoms with E-state index in [4.69, 9.17) is 0 Å². The third kappa shape index (κ3) is 3.58. The van der Waals surface area contributed by atoms with Crippen molar-refractivity contribution < 1.29 is 8.42 Å². The Bertz CT molecular complexity index is 659. The number of hydrogen-bond acceptors (Lipinski definition) is 3. The van der Waals surface area contributed by atoms with Crippen molar-refractivity contribution in [1.82, 2.24) is 9.88 Å². The highest BCUT2D eigenvalue weighted by atomic mass is 32.2. The van der Waals surface area contributed by atoms with Gasteiger partial charge in [0, 0.05) is 25.5 Å². The van der Waals surface area contributed by atoms with Gasteiger partial charge in [-0.05, 0) is 30.5 Å². The molecule has 5 heteroatoms. The van der Waals surface area contributed by atoms with Crippen molar-refractivity contribution in [2.45, 2.75) is 19.5 Å². The van der Waals surface area contributed by atoms with E-state index in [-0.39, 0.29) is 5.75 Å². The second-order valence-electron chi connectivity index (χ2n) is 4.88. The van der Waals surface area contributed by atoms with Gasteiger partial charge in [-0.25, -0.2) is 8.42 Å². The third-order valence-corrected chi connectivity index (χ3v) is 4.18. The van der Waals surface area contributed by atoms with Crippen LogP contribution < -0.4 is 5.32 Å². The number of rotatable bonds is 6. The number of nitrogens with one attached hydrogen (secondary N) is 1. The van der Waals surface area contributed by atoms with Crippen LogP contribution in [0.15, 0.2) is 30.5 Å². The van der Waals surface area contributed by atoms with Crippen LogP contribution in [0.4, 0.5) is 0 Å². The normalized spacial score (nSPS) is 12.1. The van der Waals surface area contributed by atoms with E-state index >= 15 is 0 Å². The summed E-state index contributed by atoms with van der Waals surface area (Å²) in [4.78, 5) is 0. The summed E-state index contributed by atoms with van der Waals surface area (Å²) in [6.07, 6.45) is 3.97. The van der Waals surface area contributed by atoms with Crippen molar-refractivity contribution >= 4 is 20.7 Å². The summed E-state index contributed by atoms with van der Waals surface area (Å²) in [6.45, 7) is 1.55. The van der Waals surface area contributed by atoms with Crippen LogP contribution >= 0.6 is 0 Å². The molecule has 2 aromatic rings. The highest BCUT2D eigenvalue weighted by Gasteiger charge is 2.07. The second-order valence-corrected chi connectivity index (χ2v) is 7.14. The lowest BCUT2D eigenvalue weighted by atomic mass is 10.1. The molecule has 1 aromatic heterocycles. The molecule has 0 spiro atoms. The molecule has 0 aliphatic heterocycles. The lowest BCUT2D eigenvalue weighted by molar-refractivity contribution is 0.593. The van der Waals surface area contributed by atoms with E-state index in [9.17, 15) is 8.42 Å². The molecule has 0 bridgehead atoms. The molecule has 0 radical (unpaired) electrons. The number of aryl methyl sites for hydroxylation is 1. The molecule has 0 saturated heterocycles. The summed E-state index contributed by atoms with van der Waals surface area (Å²) in [5, 5.41) is 4.37. The Morgan fingerprint density at radius 2 is 2.05 bits per heavy atom. The number of para-hydroxylation sites is 1. The first-order valence-corrected chi connectivity index (χ1v) is 8.46. The molecule has 1 aromatic carbocycles. The third-order valence-electron chi connectivity index (χ3n) is 3.15. The molecule has 0 atom stereocenters. The van der Waals surface area contributed by atoms with E-state index in [1.807, 2.05) is 13.2 Å². The molecule has 19 heavy (non-hydrogen) atoms. The summed E-state index contributed by atoms with van der Waals surface area (Å²) in [6, 6.07) is 8.32. The van der Waals surface area contributed by atoms with Gasteiger partial charge in [0.25, 0.3) is 0 Å². The van der Waals surface area contributed by atoms with Crippen LogP contribution in [0.1, 0.15) is 12.0 Å². The summed E-state index contributed by atoms with van der Waals surface area (Å²) in [7, 11) is -0.950. The van der Waals surface area contributed by atoms with Gasteiger partial charge in [0.1, 0.15) is 9.84 Å². The van der Waals surface area contributed by atoms with Crippen LogP contribution in [-0.4, -0.2) is 32.0 Å². The molecule has 0 aliphatic carbocycles. The number of sulfone groups is 1. The van der Waals surface area contributed by atoms with Crippen LogP contribution in [0.2, 0.25) is 0 Å². The number of benzene rings is 1. The van der Waals surface area contributed by atoms with E-state index in [0.29, 0.717) is 6.42 Å². The Hall–Kier alpha value is -1.33. The molecule has 0 aliphatic rings. The Morgan fingerprint density at radius 3 is 2.74 bits per heavy atom. The number of fused-ring (bicyclic) bond motifs is 1. The van der Waals surface area contributed by atoms with E-state index in [1.54, 1.807) is 0 Å². The van der Waals surface area contributed by atoms with Crippen molar-refractivity contribution in [1.29, 1.82) is 0 Å². The maximum absolute atomic E-state index is 11.2. The maximum atomic E-state index is 11.2. The molecule has 0 fully saturated rings. The Balaban J connectivity index is 2.23. The average Bonchev–Trinajstić information content (AvgIpc) is 2.73. The number of nitrogens with zero attached hydrogens (tertiary/aromatic N) is 1. The molecule has 1 N–H and O–H groups in total. The lowest BCUT2D eigenvalue weighted by Gasteiger charge is -2.09. The monoisotopic (exact) mass is 280 g/mol. The van der Waals surface area contributed by atoms with E-state index in [1.165, 1.54) is 22.7 Å². The van der Waals surface area contributed by atoms with Crippen molar-refractivity contribution in [3.8, 4) is 0 Å². The molecule has 2 rings (SSSR count). The first kappa shape index (κ1) is 14.1. The first-order valence-electron chi connectivity index (χ1n) is 6.40. The highest BCUT2D eigenvalue weighted by Crippen LogP contribution is 2.20. The smallest absolute Gasteiger partial charge is 0.147 e. The van der Waals surface area contributed by atoms with Crippen molar-refractivity contribution in [2.75, 3.05) is 19.1 Å². The van der Waals surface area contributed by atoms with Gasteiger partial charge in [-0.15, -0.1) is 0 Å². The maximum Gasteiger partial charge on any atom is 0.147 e. The largest absolute Gasteiger partial charge is 0.347 e. The van der Waals surface area contributed by atoms with Gasteiger partial charge in [-0.2, -0.15) is 0 Å². The van der Waals surface area contributed by atoms with Crippen molar-refractivity contribution in [2.24, 2.45) is 0 Å². The standard InChI is InChI=1S/C14H20N2O2S/c1-15-11-13-6-3-5-12-7-9-16(14(12)13)8-4-10-19(2,17)18/h3,5-7,9,15H,4,8,10-11H2,1-2H3. The Labute approximate surface area is 114 Å². The minimum absolute atomic E-state index is 0.237. The fraction of sp³-hybridized carbons (Fsp3) is 0.429. The first-order chi connectivity index (χ1) is 9.01. The van der Waals surface area contributed by atoms with E-state index in [2.05, 4.69) is 34.1 Å². The minimum Gasteiger partial charge on any atom is -0.347 e. The molecule has 0 unspecified atom stereocenters. The zero-order valence-electron chi connectivity index (χ0n) is 11.4. The molecule has 0 amide bonds. The Morgan fingerprint density at radius 1 is 1.26 bits per heavy atom. The number of aromatic nitrogens is 1. The van der Waals surface area contributed by atoms with Gasteiger partial charge >= 0.3 is 0 Å². The van der Waals surface area contributed by atoms with E-state index < -0.39 is 9.84 Å². The summed E-state index contributed by atoms with van der Waals surface area (Å²) >= 11 is 0. The number of hydrogen-bond donors (Lipinski definition) is 1. The zero-order valence-corrected chi connectivity index (χ0v) is 12.2. The Kier molecular flexibility index (Phi) is 4.27. The summed E-state index contributed by atoms with van der Waals surface area (Å²) in [5.41, 5.74) is 2.44. The SMILES string of the molecule is CNCc1cccc2ccn(CCCS(C)(=O)=O)c12. The minimum atomic E-state index is -2.88. The fourth-order valence-electron chi connectivity index (χ4n) is 2.36. The second kappa shape index (κ2) is 5.75. The van der Waals surface area contributed by atoms with Gasteiger partial charge in [0.15, 0.2) is 0 Å². The van der Waals surface area contributed by atoms with Gasteiger partial charge in [-0.1, -0.05) is 18.2 Å². The summed E-state index contributed by atoms with van der Waals surface area (Å²) in [5.74, 6) is 0.237. The summed E-state index contributed by atoms with van der Waals surface area (Å²) < 4.78 is 24.5.